The van der Waals surface area contributed by atoms with Gasteiger partial charge in [-0.15, -0.1) is 0 Å². The van der Waals surface area contributed by atoms with Crippen molar-refractivity contribution in [2.45, 2.75) is 18.4 Å². The van der Waals surface area contributed by atoms with Crippen LogP contribution < -0.4 is 10.1 Å². The molecule has 0 saturated heterocycles. The van der Waals surface area contributed by atoms with Crippen molar-refractivity contribution < 1.29 is 17.9 Å². The number of hydrogen-bond acceptors (Lipinski definition) is 4. The second-order valence-electron chi connectivity index (χ2n) is 6.87. The van der Waals surface area contributed by atoms with Crippen molar-refractivity contribution in [1.29, 1.82) is 0 Å². The molecule has 0 radical (unpaired) electrons. The number of ether oxygens (including phenoxy) is 1. The summed E-state index contributed by atoms with van der Waals surface area (Å²) in [4.78, 5) is 12.3. The van der Waals surface area contributed by atoms with E-state index in [9.17, 15) is 13.2 Å². The highest BCUT2D eigenvalue weighted by molar-refractivity contribution is 7.89. The maximum Gasteiger partial charge on any atom is 0.262 e. The molecule has 0 atom stereocenters. The SMILES string of the molecule is Cc1ccccc1OCC(=O)Nc1ccc(S(=O)(=O)N(C)Cc2ccccc2)cc1. The minimum Gasteiger partial charge on any atom is -0.483 e. The van der Waals surface area contributed by atoms with Crippen LogP contribution in [0.15, 0.2) is 83.8 Å². The summed E-state index contributed by atoms with van der Waals surface area (Å²) in [6, 6.07) is 22.9. The molecule has 6 nitrogen and oxygen atoms in total. The van der Waals surface area contributed by atoms with Gasteiger partial charge in [-0.25, -0.2) is 8.42 Å². The summed E-state index contributed by atoms with van der Waals surface area (Å²) in [5.74, 6) is 0.325. The molecule has 3 rings (SSSR count). The largest absolute Gasteiger partial charge is 0.483 e. The zero-order chi connectivity index (χ0) is 21.6. The summed E-state index contributed by atoms with van der Waals surface area (Å²) in [5, 5.41) is 2.71. The molecule has 0 spiro atoms. The number of amides is 1. The molecular formula is C23H24N2O4S. The van der Waals surface area contributed by atoms with E-state index in [4.69, 9.17) is 4.74 Å². The van der Waals surface area contributed by atoms with Crippen LogP contribution in [-0.4, -0.2) is 32.3 Å². The maximum absolute atomic E-state index is 12.8. The molecule has 3 aromatic rings. The van der Waals surface area contributed by atoms with Crippen molar-refractivity contribution in [1.82, 2.24) is 4.31 Å². The normalized spacial score (nSPS) is 11.3. The van der Waals surface area contributed by atoms with Crippen molar-refractivity contribution in [3.8, 4) is 5.75 Å². The zero-order valence-electron chi connectivity index (χ0n) is 16.9. The fourth-order valence-electron chi connectivity index (χ4n) is 2.87. The van der Waals surface area contributed by atoms with Crippen LogP contribution in [0.4, 0.5) is 5.69 Å². The number of nitrogens with one attached hydrogen (secondary N) is 1. The number of nitrogens with zero attached hydrogens (tertiary/aromatic N) is 1. The van der Waals surface area contributed by atoms with Crippen LogP contribution in [0.1, 0.15) is 11.1 Å². The van der Waals surface area contributed by atoms with E-state index in [0.717, 1.165) is 11.1 Å². The molecule has 0 unspecified atom stereocenters. The van der Waals surface area contributed by atoms with Crippen molar-refractivity contribution in [3.63, 3.8) is 0 Å². The fraction of sp³-hybridized carbons (Fsp3) is 0.174. The van der Waals surface area contributed by atoms with Crippen molar-refractivity contribution >= 4 is 21.6 Å². The molecule has 3 aromatic carbocycles. The zero-order valence-corrected chi connectivity index (χ0v) is 17.7. The summed E-state index contributed by atoms with van der Waals surface area (Å²) in [6.07, 6.45) is 0. The molecule has 0 saturated carbocycles. The highest BCUT2D eigenvalue weighted by Crippen LogP contribution is 2.20. The van der Waals surface area contributed by atoms with Gasteiger partial charge in [0.1, 0.15) is 5.75 Å². The molecule has 7 heteroatoms. The Morgan fingerprint density at radius 1 is 0.933 bits per heavy atom. The van der Waals surface area contributed by atoms with Gasteiger partial charge < -0.3 is 10.1 Å². The lowest BCUT2D eigenvalue weighted by molar-refractivity contribution is -0.118. The molecule has 1 amide bonds. The van der Waals surface area contributed by atoms with Crippen molar-refractivity contribution in [2.75, 3.05) is 19.0 Å². The number of carbonyl (C=O) groups excluding carboxylic acids is 1. The van der Waals surface area contributed by atoms with Gasteiger partial charge in [0.05, 0.1) is 4.90 Å². The average Bonchev–Trinajstić information content (AvgIpc) is 2.74. The van der Waals surface area contributed by atoms with E-state index in [-0.39, 0.29) is 24.0 Å². The average molecular weight is 425 g/mol. The summed E-state index contributed by atoms with van der Waals surface area (Å²) in [6.45, 7) is 2.05. The Labute approximate surface area is 177 Å². The Morgan fingerprint density at radius 2 is 1.57 bits per heavy atom. The Kier molecular flexibility index (Phi) is 6.87. The quantitative estimate of drug-likeness (QED) is 0.596. The second kappa shape index (κ2) is 9.56. The Hall–Kier alpha value is -3.16. The molecule has 0 fully saturated rings. The van der Waals surface area contributed by atoms with Gasteiger partial charge in [-0.05, 0) is 48.4 Å². The molecule has 0 bridgehead atoms. The minimum absolute atomic E-state index is 0.134. The highest BCUT2D eigenvalue weighted by atomic mass is 32.2. The maximum atomic E-state index is 12.8. The van der Waals surface area contributed by atoms with Crippen LogP contribution in [-0.2, 0) is 21.4 Å². The fourth-order valence-corrected chi connectivity index (χ4v) is 4.03. The van der Waals surface area contributed by atoms with Gasteiger partial charge in [0.15, 0.2) is 6.61 Å². The van der Waals surface area contributed by atoms with Crippen LogP contribution in [0.3, 0.4) is 0 Å². The standard InChI is InChI=1S/C23H24N2O4S/c1-18-8-6-7-11-22(18)29-17-23(26)24-20-12-14-21(15-13-20)30(27,28)25(2)16-19-9-4-3-5-10-19/h3-15H,16-17H2,1-2H3,(H,24,26). The van der Waals surface area contributed by atoms with E-state index in [1.54, 1.807) is 25.2 Å². The van der Waals surface area contributed by atoms with E-state index < -0.39 is 10.0 Å². The monoisotopic (exact) mass is 424 g/mol. The molecule has 1 N–H and O–H groups in total. The molecule has 0 aromatic heterocycles. The summed E-state index contributed by atoms with van der Waals surface area (Å²) in [5.41, 5.74) is 2.35. The van der Waals surface area contributed by atoms with E-state index >= 15 is 0 Å². The number of carbonyl (C=O) groups is 1. The molecule has 30 heavy (non-hydrogen) atoms. The van der Waals surface area contributed by atoms with Crippen LogP contribution >= 0.6 is 0 Å². The molecule has 0 aliphatic rings. The Balaban J connectivity index is 1.59. The Morgan fingerprint density at radius 3 is 2.23 bits per heavy atom. The van der Waals surface area contributed by atoms with E-state index in [2.05, 4.69) is 5.32 Å². The molecular weight excluding hydrogens is 400 g/mol. The topological polar surface area (TPSA) is 75.7 Å². The number of benzene rings is 3. The van der Waals surface area contributed by atoms with Crippen molar-refractivity contribution in [3.05, 3.63) is 90.0 Å². The summed E-state index contributed by atoms with van der Waals surface area (Å²) in [7, 11) is -2.09. The molecule has 0 aliphatic heterocycles. The molecule has 0 heterocycles. The van der Waals surface area contributed by atoms with E-state index in [1.807, 2.05) is 55.5 Å². The van der Waals surface area contributed by atoms with Gasteiger partial charge in [-0.1, -0.05) is 48.5 Å². The predicted molar refractivity (Wildman–Crippen MR) is 117 cm³/mol. The van der Waals surface area contributed by atoms with Gasteiger partial charge in [0.2, 0.25) is 10.0 Å². The van der Waals surface area contributed by atoms with Crippen LogP contribution in [0, 0.1) is 6.92 Å². The highest BCUT2D eigenvalue weighted by Gasteiger charge is 2.20. The van der Waals surface area contributed by atoms with Gasteiger partial charge >= 0.3 is 0 Å². The third-order valence-corrected chi connectivity index (χ3v) is 6.36. The van der Waals surface area contributed by atoms with Gasteiger partial charge in [0, 0.05) is 19.3 Å². The lowest BCUT2D eigenvalue weighted by atomic mass is 10.2. The summed E-state index contributed by atoms with van der Waals surface area (Å²) >= 11 is 0. The number of aryl methyl sites for hydroxylation is 1. The lowest BCUT2D eigenvalue weighted by Gasteiger charge is -2.17. The smallest absolute Gasteiger partial charge is 0.262 e. The van der Waals surface area contributed by atoms with E-state index in [1.165, 1.54) is 16.4 Å². The number of hydrogen-bond donors (Lipinski definition) is 1. The van der Waals surface area contributed by atoms with Gasteiger partial charge in [0.25, 0.3) is 5.91 Å². The van der Waals surface area contributed by atoms with Crippen LogP contribution in [0.5, 0.6) is 5.75 Å². The Bertz CT molecular complexity index is 1100. The number of para-hydroxylation sites is 1. The first-order valence-corrected chi connectivity index (χ1v) is 10.9. The second-order valence-corrected chi connectivity index (χ2v) is 8.92. The third kappa shape index (κ3) is 5.46. The first kappa shape index (κ1) is 21.5. The first-order chi connectivity index (χ1) is 14.4. The predicted octanol–water partition coefficient (Wildman–Crippen LogP) is 3.83. The van der Waals surface area contributed by atoms with Gasteiger partial charge in [-0.3, -0.25) is 4.79 Å². The third-order valence-electron chi connectivity index (χ3n) is 4.55. The summed E-state index contributed by atoms with van der Waals surface area (Å²) < 4.78 is 32.4. The number of rotatable bonds is 8. The van der Waals surface area contributed by atoms with E-state index in [0.29, 0.717) is 11.4 Å². The first-order valence-electron chi connectivity index (χ1n) is 9.45. The van der Waals surface area contributed by atoms with Crippen LogP contribution in [0.25, 0.3) is 0 Å². The van der Waals surface area contributed by atoms with Crippen molar-refractivity contribution in [2.24, 2.45) is 0 Å². The van der Waals surface area contributed by atoms with Crippen LogP contribution in [0.2, 0.25) is 0 Å². The number of sulfonamides is 1. The minimum atomic E-state index is -3.64. The number of anilines is 1. The molecule has 0 aliphatic carbocycles. The van der Waals surface area contributed by atoms with Gasteiger partial charge in [-0.2, -0.15) is 4.31 Å². The lowest BCUT2D eigenvalue weighted by Crippen LogP contribution is -2.26. The molecule has 156 valence electrons.